The number of nitrogens with zero attached hydrogens (tertiary/aromatic N) is 2. The Morgan fingerprint density at radius 3 is 1.98 bits per heavy atom. The highest BCUT2D eigenvalue weighted by Gasteiger charge is 2.17. The van der Waals surface area contributed by atoms with Crippen LogP contribution >= 0.6 is 11.3 Å². The molecule has 0 aliphatic rings. The predicted molar refractivity (Wildman–Crippen MR) is 172 cm³/mol. The van der Waals surface area contributed by atoms with Gasteiger partial charge >= 0.3 is 0 Å². The minimum atomic E-state index is 0.872. The maximum absolute atomic E-state index is 6.33. The molecule has 9 aromatic rings. The second-order valence-electron chi connectivity index (χ2n) is 10.4. The van der Waals surface area contributed by atoms with Crippen molar-refractivity contribution in [3.63, 3.8) is 0 Å². The fourth-order valence-electron chi connectivity index (χ4n) is 6.14. The fourth-order valence-corrected chi connectivity index (χ4v) is 7.12. The third-order valence-electron chi connectivity index (χ3n) is 8.05. The number of para-hydroxylation sites is 2. The number of benzene rings is 6. The lowest BCUT2D eigenvalue weighted by atomic mass is 10.0. The van der Waals surface area contributed by atoms with Crippen LogP contribution in [0.15, 0.2) is 138 Å². The molecule has 0 bridgehead atoms. The monoisotopic (exact) mass is 542 g/mol. The normalized spacial score (nSPS) is 11.9. The van der Waals surface area contributed by atoms with Crippen molar-refractivity contribution in [1.29, 1.82) is 0 Å². The molecule has 9 rings (SSSR count). The van der Waals surface area contributed by atoms with Gasteiger partial charge in [-0.2, -0.15) is 0 Å². The molecule has 0 saturated carbocycles. The van der Waals surface area contributed by atoms with Gasteiger partial charge in [0.15, 0.2) is 0 Å². The Kier molecular flexibility index (Phi) is 4.77. The summed E-state index contributed by atoms with van der Waals surface area (Å²) in [6.07, 6.45) is 0. The largest absolute Gasteiger partial charge is 0.456 e. The van der Waals surface area contributed by atoms with E-state index in [4.69, 9.17) is 9.40 Å². The molecule has 0 N–H and O–H groups in total. The summed E-state index contributed by atoms with van der Waals surface area (Å²) in [6, 6.07) is 47.1. The topological polar surface area (TPSA) is 31.0 Å². The van der Waals surface area contributed by atoms with Gasteiger partial charge in [-0.15, -0.1) is 11.3 Å². The molecule has 6 aromatic carbocycles. The molecule has 0 unspecified atom stereocenters. The summed E-state index contributed by atoms with van der Waals surface area (Å²) < 4.78 is 9.83. The van der Waals surface area contributed by atoms with Crippen molar-refractivity contribution in [1.82, 2.24) is 9.55 Å². The molecule has 41 heavy (non-hydrogen) atoms. The van der Waals surface area contributed by atoms with E-state index >= 15 is 0 Å². The number of thiazole rings is 1. The first-order chi connectivity index (χ1) is 20.3. The van der Waals surface area contributed by atoms with Crippen molar-refractivity contribution in [3.8, 4) is 27.4 Å². The van der Waals surface area contributed by atoms with Crippen molar-refractivity contribution in [2.45, 2.75) is 0 Å². The minimum absolute atomic E-state index is 0.872. The quantitative estimate of drug-likeness (QED) is 0.222. The third kappa shape index (κ3) is 3.41. The van der Waals surface area contributed by atoms with Crippen LogP contribution in [-0.2, 0) is 0 Å². The van der Waals surface area contributed by atoms with Gasteiger partial charge in [-0.1, -0.05) is 72.8 Å². The summed E-state index contributed by atoms with van der Waals surface area (Å²) in [5.41, 5.74) is 9.77. The second kappa shape index (κ2) is 8.65. The van der Waals surface area contributed by atoms with E-state index in [1.165, 1.54) is 27.4 Å². The van der Waals surface area contributed by atoms with Crippen LogP contribution in [0, 0.1) is 0 Å². The molecule has 0 radical (unpaired) electrons. The Morgan fingerprint density at radius 1 is 0.537 bits per heavy atom. The summed E-state index contributed by atoms with van der Waals surface area (Å²) in [6.45, 7) is 0. The van der Waals surface area contributed by atoms with E-state index in [1.54, 1.807) is 11.3 Å². The van der Waals surface area contributed by atoms with Crippen molar-refractivity contribution in [2.75, 3.05) is 0 Å². The summed E-state index contributed by atoms with van der Waals surface area (Å²) in [7, 11) is 0. The van der Waals surface area contributed by atoms with Crippen LogP contribution in [-0.4, -0.2) is 9.55 Å². The Labute approximate surface area is 239 Å². The number of furan rings is 1. The zero-order chi connectivity index (χ0) is 26.9. The Hall–Kier alpha value is -5.19. The van der Waals surface area contributed by atoms with E-state index in [0.29, 0.717) is 0 Å². The molecule has 0 aliphatic heterocycles. The molecule has 0 aliphatic carbocycles. The van der Waals surface area contributed by atoms with Gasteiger partial charge in [-0.25, -0.2) is 4.98 Å². The molecule has 0 fully saturated rings. The molecule has 3 heterocycles. The van der Waals surface area contributed by atoms with Gasteiger partial charge in [-0.3, -0.25) is 0 Å². The first-order valence-electron chi connectivity index (χ1n) is 13.7. The molecular formula is C37H22N2OS. The molecule has 0 atom stereocenters. The number of aromatic nitrogens is 2. The van der Waals surface area contributed by atoms with Crippen LogP contribution in [0.1, 0.15) is 0 Å². The maximum Gasteiger partial charge on any atom is 0.137 e. The number of hydrogen-bond acceptors (Lipinski definition) is 3. The highest BCUT2D eigenvalue weighted by atomic mass is 32.1. The Balaban J connectivity index is 1.15. The van der Waals surface area contributed by atoms with Crippen molar-refractivity contribution in [2.24, 2.45) is 0 Å². The average Bonchev–Trinajstić information content (AvgIpc) is 3.73. The molecule has 3 nitrogen and oxygen atoms in total. The lowest BCUT2D eigenvalue weighted by Crippen LogP contribution is -1.93. The van der Waals surface area contributed by atoms with Gasteiger partial charge in [0.25, 0.3) is 0 Å². The summed E-state index contributed by atoms with van der Waals surface area (Å²) in [5.74, 6) is 0. The lowest BCUT2D eigenvalue weighted by Gasteiger charge is -2.08. The van der Waals surface area contributed by atoms with Gasteiger partial charge in [0.1, 0.15) is 16.2 Å². The van der Waals surface area contributed by atoms with Crippen molar-refractivity contribution < 1.29 is 4.42 Å². The predicted octanol–water partition coefficient (Wildman–Crippen LogP) is 10.6. The molecule has 0 amide bonds. The molecule has 0 spiro atoms. The first-order valence-corrected chi connectivity index (χ1v) is 14.5. The van der Waals surface area contributed by atoms with Crippen molar-refractivity contribution in [3.05, 3.63) is 133 Å². The van der Waals surface area contributed by atoms with E-state index in [2.05, 4.69) is 132 Å². The standard InChI is InChI=1S/C37H22N2OS/c1-2-8-23(9-3-1)25-16-19-29-33(22-25)40-32-20-21-34-36(35(29)32)38-37(41-34)24-14-17-26(18-15-24)39-30-12-6-4-10-27(30)28-11-5-7-13-31(28)39/h1-22H. The zero-order valence-corrected chi connectivity index (χ0v) is 22.7. The van der Waals surface area contributed by atoms with E-state index in [9.17, 15) is 0 Å². The molecule has 4 heteroatoms. The molecule has 3 aromatic heterocycles. The summed E-state index contributed by atoms with van der Waals surface area (Å²) >= 11 is 1.73. The Bertz CT molecular complexity index is 2360. The zero-order valence-electron chi connectivity index (χ0n) is 21.9. The van der Waals surface area contributed by atoms with Gasteiger partial charge in [-0.05, 0) is 71.8 Å². The lowest BCUT2D eigenvalue weighted by molar-refractivity contribution is 0.669. The van der Waals surface area contributed by atoms with E-state index < -0.39 is 0 Å². The number of fused-ring (bicyclic) bond motifs is 8. The Morgan fingerprint density at radius 2 is 1.22 bits per heavy atom. The van der Waals surface area contributed by atoms with Crippen LogP contribution in [0.3, 0.4) is 0 Å². The smallest absolute Gasteiger partial charge is 0.137 e. The van der Waals surface area contributed by atoms with Gasteiger partial charge < -0.3 is 8.98 Å². The van der Waals surface area contributed by atoms with E-state index in [-0.39, 0.29) is 0 Å². The van der Waals surface area contributed by atoms with Gasteiger partial charge in [0.2, 0.25) is 0 Å². The first kappa shape index (κ1) is 22.6. The van der Waals surface area contributed by atoms with E-state index in [0.717, 1.165) is 54.0 Å². The van der Waals surface area contributed by atoms with Crippen LogP contribution in [0.4, 0.5) is 0 Å². The average molecular weight is 543 g/mol. The van der Waals surface area contributed by atoms with Crippen LogP contribution < -0.4 is 0 Å². The van der Waals surface area contributed by atoms with E-state index in [1.807, 2.05) is 6.07 Å². The highest BCUT2D eigenvalue weighted by Crippen LogP contribution is 2.40. The minimum Gasteiger partial charge on any atom is -0.456 e. The van der Waals surface area contributed by atoms with Gasteiger partial charge in [0.05, 0.1) is 26.6 Å². The fraction of sp³-hybridized carbons (Fsp3) is 0. The van der Waals surface area contributed by atoms with Crippen LogP contribution in [0.5, 0.6) is 0 Å². The molecule has 192 valence electrons. The summed E-state index contributed by atoms with van der Waals surface area (Å²) in [4.78, 5) is 5.16. The number of hydrogen-bond donors (Lipinski definition) is 0. The molecular weight excluding hydrogens is 520 g/mol. The van der Waals surface area contributed by atoms with Gasteiger partial charge in [0, 0.05) is 27.4 Å². The second-order valence-corrected chi connectivity index (χ2v) is 11.4. The van der Waals surface area contributed by atoms with Crippen LogP contribution in [0.2, 0.25) is 0 Å². The number of rotatable bonds is 3. The van der Waals surface area contributed by atoms with Crippen LogP contribution in [0.25, 0.3) is 81.3 Å². The van der Waals surface area contributed by atoms with Crippen molar-refractivity contribution >= 4 is 65.3 Å². The molecule has 0 saturated heterocycles. The third-order valence-corrected chi connectivity index (χ3v) is 9.12. The highest BCUT2D eigenvalue weighted by molar-refractivity contribution is 7.21. The maximum atomic E-state index is 6.33. The SMILES string of the molecule is c1ccc(-c2ccc3c(c2)oc2ccc4sc(-c5ccc(-n6c7ccccc7c7ccccc76)cc5)nc4c23)cc1. The summed E-state index contributed by atoms with van der Waals surface area (Å²) in [5, 5.41) is 5.73.